The van der Waals surface area contributed by atoms with Crippen molar-refractivity contribution in [3.05, 3.63) is 42.0 Å². The fourth-order valence-electron chi connectivity index (χ4n) is 0.819. The van der Waals surface area contributed by atoms with Crippen molar-refractivity contribution in [2.24, 2.45) is 5.92 Å². The van der Waals surface area contributed by atoms with Gasteiger partial charge in [-0.25, -0.2) is 0 Å². The zero-order valence-electron chi connectivity index (χ0n) is 10.5. The van der Waals surface area contributed by atoms with Crippen LogP contribution >= 0.6 is 0 Å². The van der Waals surface area contributed by atoms with Crippen LogP contribution in [0.2, 0.25) is 0 Å². The van der Waals surface area contributed by atoms with Gasteiger partial charge < -0.3 is 5.32 Å². The maximum atomic E-state index is 10.8. The molecule has 0 fully saturated rings. The summed E-state index contributed by atoms with van der Waals surface area (Å²) in [4.78, 5) is 10.8. The van der Waals surface area contributed by atoms with Gasteiger partial charge in [0, 0.05) is 13.1 Å². The van der Waals surface area contributed by atoms with Crippen molar-refractivity contribution in [3.8, 4) is 0 Å². The number of nitrogens with one attached hydrogen (secondary N) is 1. The summed E-state index contributed by atoms with van der Waals surface area (Å²) >= 11 is 0. The number of benzene rings is 1. The molecule has 0 aliphatic heterocycles. The average molecular weight is 219 g/mol. The Balaban J connectivity index is 0.000000487. The summed E-state index contributed by atoms with van der Waals surface area (Å²) in [6, 6.07) is 9.70. The average Bonchev–Trinajstić information content (AvgIpc) is 2.26. The van der Waals surface area contributed by atoms with Gasteiger partial charge in [-0.1, -0.05) is 51.1 Å². The number of likely N-dealkylation sites (N-methyl/N-ethyl adjacent to an activating group) is 1. The van der Waals surface area contributed by atoms with E-state index in [2.05, 4.69) is 26.1 Å². The summed E-state index contributed by atoms with van der Waals surface area (Å²) in [5.41, 5.74) is 1.03. The topological polar surface area (TPSA) is 29.1 Å². The van der Waals surface area contributed by atoms with Crippen LogP contribution in [0.1, 0.15) is 26.3 Å². The van der Waals surface area contributed by atoms with Crippen molar-refractivity contribution < 1.29 is 4.79 Å². The Morgan fingerprint density at radius 2 is 1.69 bits per heavy atom. The molecule has 0 heterocycles. The van der Waals surface area contributed by atoms with Crippen molar-refractivity contribution >= 4 is 12.0 Å². The molecule has 0 saturated carbocycles. The van der Waals surface area contributed by atoms with E-state index in [1.54, 1.807) is 13.1 Å². The monoisotopic (exact) mass is 219 g/mol. The Kier molecular flexibility index (Phi) is 7.86. The molecule has 0 spiro atoms. The number of carbonyl (C=O) groups is 1. The van der Waals surface area contributed by atoms with Gasteiger partial charge in [0.25, 0.3) is 0 Å². The third-order valence-electron chi connectivity index (χ3n) is 1.47. The molecule has 16 heavy (non-hydrogen) atoms. The molecular formula is C14H21NO. The number of hydrogen-bond acceptors (Lipinski definition) is 1. The molecule has 88 valence electrons. The highest BCUT2D eigenvalue weighted by Gasteiger charge is 1.87. The Bertz CT molecular complexity index is 312. The fraction of sp³-hybridized carbons (Fsp3) is 0.357. The highest BCUT2D eigenvalue weighted by atomic mass is 16.1. The molecule has 0 aromatic heterocycles. The second kappa shape index (κ2) is 8.72. The molecule has 1 amide bonds. The highest BCUT2D eigenvalue weighted by Crippen LogP contribution is 1.99. The van der Waals surface area contributed by atoms with Gasteiger partial charge in [-0.3, -0.25) is 4.79 Å². The lowest BCUT2D eigenvalue weighted by atomic mass is 10.2. The van der Waals surface area contributed by atoms with Gasteiger partial charge in [-0.15, -0.1) is 0 Å². The Morgan fingerprint density at radius 1 is 1.19 bits per heavy atom. The Hall–Kier alpha value is -1.57. The lowest BCUT2D eigenvalue weighted by molar-refractivity contribution is -0.115. The van der Waals surface area contributed by atoms with Gasteiger partial charge in [0.05, 0.1) is 0 Å². The van der Waals surface area contributed by atoms with E-state index in [0.29, 0.717) is 0 Å². The number of hydrogen-bond donors (Lipinski definition) is 1. The molecule has 1 N–H and O–H groups in total. The van der Waals surface area contributed by atoms with Gasteiger partial charge in [0.2, 0.25) is 5.91 Å². The molecule has 0 aliphatic rings. The summed E-state index contributed by atoms with van der Waals surface area (Å²) < 4.78 is 0. The molecule has 0 atom stereocenters. The lowest BCUT2D eigenvalue weighted by Crippen LogP contribution is -2.13. The SMILES string of the molecule is CC(C)C.CNC(=O)/C=C/c1ccccc1. The van der Waals surface area contributed by atoms with Crippen LogP contribution in [0.25, 0.3) is 6.08 Å². The molecule has 1 aromatic carbocycles. The lowest BCUT2D eigenvalue weighted by Gasteiger charge is -1.91. The molecular weight excluding hydrogens is 198 g/mol. The van der Waals surface area contributed by atoms with Gasteiger partial charge in [-0.05, 0) is 17.6 Å². The summed E-state index contributed by atoms with van der Waals surface area (Å²) in [6.45, 7) is 6.50. The molecule has 0 bridgehead atoms. The van der Waals surface area contributed by atoms with E-state index in [9.17, 15) is 4.79 Å². The van der Waals surface area contributed by atoms with E-state index >= 15 is 0 Å². The molecule has 0 radical (unpaired) electrons. The number of carbonyl (C=O) groups excluding carboxylic acids is 1. The zero-order valence-corrected chi connectivity index (χ0v) is 10.5. The minimum atomic E-state index is -0.0844. The van der Waals surface area contributed by atoms with E-state index in [4.69, 9.17) is 0 Å². The molecule has 0 aliphatic carbocycles. The standard InChI is InChI=1S/C10H11NO.C4H10/c1-11-10(12)8-7-9-5-3-2-4-6-9;1-4(2)3/h2-8H,1H3,(H,11,12);4H,1-3H3/b8-7+;. The first-order valence-electron chi connectivity index (χ1n) is 5.51. The molecule has 0 saturated heterocycles. The minimum absolute atomic E-state index is 0.0844. The summed E-state index contributed by atoms with van der Waals surface area (Å²) in [5, 5.41) is 2.51. The summed E-state index contributed by atoms with van der Waals surface area (Å²) in [6.07, 6.45) is 3.29. The van der Waals surface area contributed by atoms with Crippen LogP contribution in [-0.4, -0.2) is 13.0 Å². The summed E-state index contributed by atoms with van der Waals surface area (Å²) in [7, 11) is 1.61. The van der Waals surface area contributed by atoms with E-state index < -0.39 is 0 Å². The van der Waals surface area contributed by atoms with Crippen molar-refractivity contribution in [2.75, 3.05) is 7.05 Å². The Labute approximate surface area is 98.4 Å². The zero-order chi connectivity index (χ0) is 12.4. The van der Waals surface area contributed by atoms with Crippen molar-refractivity contribution in [1.29, 1.82) is 0 Å². The summed E-state index contributed by atoms with van der Waals surface area (Å²) in [5.74, 6) is 0.749. The molecule has 1 rings (SSSR count). The van der Waals surface area contributed by atoms with E-state index in [1.807, 2.05) is 30.3 Å². The van der Waals surface area contributed by atoms with E-state index in [1.165, 1.54) is 6.08 Å². The predicted octanol–water partition coefficient (Wildman–Crippen LogP) is 3.11. The van der Waals surface area contributed by atoms with Gasteiger partial charge in [-0.2, -0.15) is 0 Å². The number of amides is 1. The molecule has 1 aromatic rings. The molecule has 2 nitrogen and oxygen atoms in total. The van der Waals surface area contributed by atoms with Crippen LogP contribution in [0.15, 0.2) is 36.4 Å². The van der Waals surface area contributed by atoms with Crippen LogP contribution in [-0.2, 0) is 4.79 Å². The number of rotatable bonds is 2. The Morgan fingerprint density at radius 3 is 2.12 bits per heavy atom. The largest absolute Gasteiger partial charge is 0.356 e. The first kappa shape index (κ1) is 14.4. The first-order chi connectivity index (χ1) is 7.56. The van der Waals surface area contributed by atoms with E-state index in [0.717, 1.165) is 11.5 Å². The van der Waals surface area contributed by atoms with Crippen LogP contribution in [0.3, 0.4) is 0 Å². The van der Waals surface area contributed by atoms with E-state index in [-0.39, 0.29) is 5.91 Å². The fourth-order valence-corrected chi connectivity index (χ4v) is 0.819. The predicted molar refractivity (Wildman–Crippen MR) is 70.1 cm³/mol. The van der Waals surface area contributed by atoms with Crippen molar-refractivity contribution in [2.45, 2.75) is 20.8 Å². The van der Waals surface area contributed by atoms with Crippen LogP contribution in [0, 0.1) is 5.92 Å². The second-order valence-corrected chi connectivity index (χ2v) is 4.09. The van der Waals surface area contributed by atoms with Gasteiger partial charge in [0.15, 0.2) is 0 Å². The minimum Gasteiger partial charge on any atom is -0.356 e. The maximum Gasteiger partial charge on any atom is 0.243 e. The smallest absolute Gasteiger partial charge is 0.243 e. The highest BCUT2D eigenvalue weighted by molar-refractivity contribution is 5.91. The quantitative estimate of drug-likeness (QED) is 0.761. The maximum absolute atomic E-state index is 10.8. The molecule has 2 heteroatoms. The molecule has 0 unspecified atom stereocenters. The van der Waals surface area contributed by atoms with Crippen LogP contribution < -0.4 is 5.32 Å². The van der Waals surface area contributed by atoms with Crippen LogP contribution in [0.4, 0.5) is 0 Å². The van der Waals surface area contributed by atoms with Crippen molar-refractivity contribution in [1.82, 2.24) is 5.32 Å². The van der Waals surface area contributed by atoms with Crippen molar-refractivity contribution in [3.63, 3.8) is 0 Å². The second-order valence-electron chi connectivity index (χ2n) is 4.09. The van der Waals surface area contributed by atoms with Gasteiger partial charge in [0.1, 0.15) is 0 Å². The third kappa shape index (κ3) is 9.00. The van der Waals surface area contributed by atoms with Crippen LogP contribution in [0.5, 0.6) is 0 Å². The normalized spacial score (nSPS) is 9.81. The third-order valence-corrected chi connectivity index (χ3v) is 1.47. The van der Waals surface area contributed by atoms with Gasteiger partial charge >= 0.3 is 0 Å². The first-order valence-corrected chi connectivity index (χ1v) is 5.51.